The molecule has 0 saturated carbocycles. The molecule has 1 unspecified atom stereocenters. The summed E-state index contributed by atoms with van der Waals surface area (Å²) in [5, 5.41) is 0. The largest absolute Gasteiger partial charge is 0.453 e. The van der Waals surface area contributed by atoms with E-state index in [4.69, 9.17) is 9.47 Å². The Morgan fingerprint density at radius 3 is 2.82 bits per heavy atom. The van der Waals surface area contributed by atoms with E-state index in [1.807, 2.05) is 0 Å². The Kier molecular flexibility index (Phi) is 4.64. The predicted molar refractivity (Wildman–Crippen MR) is 83.7 cm³/mol. The van der Waals surface area contributed by atoms with Gasteiger partial charge in [-0.1, -0.05) is 18.2 Å². The monoisotopic (exact) mass is 304 g/mol. The second-order valence-electron chi connectivity index (χ2n) is 6.14. The topological polar surface area (TPSA) is 42.0 Å². The maximum Gasteiger partial charge on any atom is 0.410 e. The average molecular weight is 304 g/mol. The summed E-state index contributed by atoms with van der Waals surface area (Å²) in [6.45, 7) is 7.36. The lowest BCUT2D eigenvalue weighted by molar-refractivity contribution is 0.0341. The van der Waals surface area contributed by atoms with Crippen molar-refractivity contribution in [2.24, 2.45) is 0 Å². The first-order valence-electron chi connectivity index (χ1n) is 7.92. The third kappa shape index (κ3) is 3.25. The van der Waals surface area contributed by atoms with Crippen LogP contribution in [0.4, 0.5) is 4.79 Å². The molecule has 22 heavy (non-hydrogen) atoms. The van der Waals surface area contributed by atoms with Crippen LogP contribution in [0.25, 0.3) is 0 Å². The molecular weight excluding hydrogens is 280 g/mol. The van der Waals surface area contributed by atoms with Crippen LogP contribution in [-0.2, 0) is 29.0 Å². The van der Waals surface area contributed by atoms with Gasteiger partial charge >= 0.3 is 6.09 Å². The Morgan fingerprint density at radius 2 is 2.09 bits per heavy atom. The van der Waals surface area contributed by atoms with Crippen LogP contribution in [0.15, 0.2) is 18.2 Å². The summed E-state index contributed by atoms with van der Waals surface area (Å²) < 4.78 is 10.3. The molecule has 1 aromatic rings. The molecule has 0 aliphatic carbocycles. The van der Waals surface area contributed by atoms with E-state index >= 15 is 0 Å². The van der Waals surface area contributed by atoms with Gasteiger partial charge in [0.1, 0.15) is 0 Å². The highest BCUT2D eigenvalue weighted by atomic mass is 16.5. The zero-order valence-corrected chi connectivity index (χ0v) is 13.4. The number of fused-ring (bicyclic) bond motifs is 1. The predicted octanol–water partition coefficient (Wildman–Crippen LogP) is 2.03. The summed E-state index contributed by atoms with van der Waals surface area (Å²) in [4.78, 5) is 16.0. The van der Waals surface area contributed by atoms with E-state index < -0.39 is 0 Å². The van der Waals surface area contributed by atoms with Crippen LogP contribution in [-0.4, -0.2) is 55.3 Å². The number of rotatable bonds is 2. The number of morpholine rings is 1. The minimum Gasteiger partial charge on any atom is -0.453 e. The maximum atomic E-state index is 11.8. The normalized spacial score (nSPS) is 22.3. The van der Waals surface area contributed by atoms with E-state index in [1.54, 1.807) is 4.90 Å². The molecule has 1 atom stereocenters. The number of methoxy groups -OCH3 is 1. The molecule has 2 heterocycles. The summed E-state index contributed by atoms with van der Waals surface area (Å²) in [5.41, 5.74) is 3.94. The Balaban J connectivity index is 1.71. The number of hydrogen-bond acceptors (Lipinski definition) is 4. The van der Waals surface area contributed by atoms with Crippen LogP contribution >= 0.6 is 0 Å². The second-order valence-corrected chi connectivity index (χ2v) is 6.14. The van der Waals surface area contributed by atoms with E-state index in [0.29, 0.717) is 6.54 Å². The lowest BCUT2D eigenvalue weighted by Crippen LogP contribution is -2.42. The molecule has 0 spiro atoms. The fourth-order valence-corrected chi connectivity index (χ4v) is 3.27. The van der Waals surface area contributed by atoms with Crippen molar-refractivity contribution >= 4 is 6.09 Å². The van der Waals surface area contributed by atoms with Gasteiger partial charge in [-0.05, 0) is 30.0 Å². The number of hydrogen-bond donors (Lipinski definition) is 0. The van der Waals surface area contributed by atoms with Gasteiger partial charge in [0, 0.05) is 32.2 Å². The van der Waals surface area contributed by atoms with Crippen molar-refractivity contribution in [1.82, 2.24) is 9.80 Å². The minimum atomic E-state index is -0.240. The molecule has 1 amide bonds. The molecule has 2 aliphatic rings. The quantitative estimate of drug-likeness (QED) is 0.838. The van der Waals surface area contributed by atoms with Gasteiger partial charge in [0.05, 0.1) is 20.3 Å². The summed E-state index contributed by atoms with van der Waals surface area (Å²) in [7, 11) is 1.44. The Labute approximate surface area is 131 Å². The van der Waals surface area contributed by atoms with Crippen LogP contribution in [0.3, 0.4) is 0 Å². The molecule has 5 heteroatoms. The molecule has 3 rings (SSSR count). The molecule has 0 aromatic heterocycles. The van der Waals surface area contributed by atoms with Gasteiger partial charge in [0.25, 0.3) is 0 Å². The number of benzene rings is 1. The smallest absolute Gasteiger partial charge is 0.410 e. The van der Waals surface area contributed by atoms with Crippen LogP contribution in [0.2, 0.25) is 0 Å². The molecule has 1 fully saturated rings. The highest BCUT2D eigenvalue weighted by molar-refractivity contribution is 5.68. The van der Waals surface area contributed by atoms with Crippen molar-refractivity contribution in [3.05, 3.63) is 34.9 Å². The number of carbonyl (C=O) groups is 1. The number of nitrogens with zero attached hydrogens (tertiary/aromatic N) is 2. The van der Waals surface area contributed by atoms with E-state index in [-0.39, 0.29) is 12.1 Å². The Bertz CT molecular complexity index is 541. The standard InChI is InChI=1S/C17H24N2O3/c1-13-9-16-10-14(11-18-5-7-22-8-6-18)3-4-15(16)12-19(13)17(20)21-2/h3-4,10,13H,5-9,11-12H2,1-2H3. The van der Waals surface area contributed by atoms with Gasteiger partial charge in [-0.3, -0.25) is 4.90 Å². The van der Waals surface area contributed by atoms with E-state index in [1.165, 1.54) is 23.8 Å². The average Bonchev–Trinajstić information content (AvgIpc) is 2.54. The third-order valence-electron chi connectivity index (χ3n) is 4.58. The lowest BCUT2D eigenvalue weighted by Gasteiger charge is -2.34. The zero-order valence-electron chi connectivity index (χ0n) is 13.4. The van der Waals surface area contributed by atoms with Gasteiger partial charge in [-0.2, -0.15) is 0 Å². The van der Waals surface area contributed by atoms with Crippen LogP contribution in [0.5, 0.6) is 0 Å². The van der Waals surface area contributed by atoms with Crippen molar-refractivity contribution in [2.45, 2.75) is 32.5 Å². The lowest BCUT2D eigenvalue weighted by atomic mass is 9.93. The molecule has 0 bridgehead atoms. The molecule has 120 valence electrons. The first-order chi connectivity index (χ1) is 10.7. The van der Waals surface area contributed by atoms with Crippen LogP contribution in [0.1, 0.15) is 23.6 Å². The molecule has 2 aliphatic heterocycles. The second kappa shape index (κ2) is 6.67. The van der Waals surface area contributed by atoms with Gasteiger partial charge in [0.15, 0.2) is 0 Å². The molecule has 0 radical (unpaired) electrons. The van der Waals surface area contributed by atoms with Gasteiger partial charge in [-0.25, -0.2) is 4.79 Å². The third-order valence-corrected chi connectivity index (χ3v) is 4.58. The molecule has 1 saturated heterocycles. The summed E-state index contributed by atoms with van der Waals surface area (Å²) in [6.07, 6.45) is 0.650. The summed E-state index contributed by atoms with van der Waals surface area (Å²) in [5.74, 6) is 0. The minimum absolute atomic E-state index is 0.179. The van der Waals surface area contributed by atoms with Crippen LogP contribution < -0.4 is 0 Å². The van der Waals surface area contributed by atoms with Gasteiger partial charge < -0.3 is 14.4 Å². The summed E-state index contributed by atoms with van der Waals surface area (Å²) >= 11 is 0. The fraction of sp³-hybridized carbons (Fsp3) is 0.588. The van der Waals surface area contributed by atoms with Crippen molar-refractivity contribution in [1.29, 1.82) is 0 Å². The highest BCUT2D eigenvalue weighted by Crippen LogP contribution is 2.25. The number of carbonyl (C=O) groups excluding carboxylic acids is 1. The molecule has 0 N–H and O–H groups in total. The van der Waals surface area contributed by atoms with Crippen LogP contribution in [0, 0.1) is 0 Å². The Morgan fingerprint density at radius 1 is 1.32 bits per heavy atom. The van der Waals surface area contributed by atoms with Crippen molar-refractivity contribution < 1.29 is 14.3 Å². The number of amides is 1. The van der Waals surface area contributed by atoms with Crippen molar-refractivity contribution in [2.75, 3.05) is 33.4 Å². The summed E-state index contributed by atoms with van der Waals surface area (Å²) in [6, 6.07) is 6.82. The van der Waals surface area contributed by atoms with E-state index in [2.05, 4.69) is 30.0 Å². The number of ether oxygens (including phenoxy) is 2. The fourth-order valence-electron chi connectivity index (χ4n) is 3.27. The maximum absolute atomic E-state index is 11.8. The SMILES string of the molecule is COC(=O)N1Cc2ccc(CN3CCOCC3)cc2CC1C. The molecule has 5 nitrogen and oxygen atoms in total. The first-order valence-corrected chi connectivity index (χ1v) is 7.92. The zero-order chi connectivity index (χ0) is 15.5. The van der Waals surface area contributed by atoms with Gasteiger partial charge in [0.2, 0.25) is 0 Å². The molecule has 1 aromatic carbocycles. The van der Waals surface area contributed by atoms with Crippen molar-refractivity contribution in [3.63, 3.8) is 0 Å². The van der Waals surface area contributed by atoms with E-state index in [0.717, 1.165) is 39.3 Å². The molecular formula is C17H24N2O3. The first kappa shape index (κ1) is 15.3. The van der Waals surface area contributed by atoms with Gasteiger partial charge in [-0.15, -0.1) is 0 Å². The van der Waals surface area contributed by atoms with E-state index in [9.17, 15) is 4.79 Å². The Hall–Kier alpha value is -1.59. The van der Waals surface area contributed by atoms with Crippen molar-refractivity contribution in [3.8, 4) is 0 Å². The highest BCUT2D eigenvalue weighted by Gasteiger charge is 2.27.